The molecule has 28 heavy (non-hydrogen) atoms. The van der Waals surface area contributed by atoms with Crippen LogP contribution in [0, 0.1) is 0 Å². The number of benzene rings is 2. The zero-order chi connectivity index (χ0) is 20.4. The van der Waals surface area contributed by atoms with Crippen molar-refractivity contribution in [1.29, 1.82) is 0 Å². The highest BCUT2D eigenvalue weighted by molar-refractivity contribution is 7.85. The van der Waals surface area contributed by atoms with Gasteiger partial charge in [0.05, 0.1) is 12.9 Å². The Kier molecular flexibility index (Phi) is 7.97. The summed E-state index contributed by atoms with van der Waals surface area (Å²) in [6.07, 6.45) is -0.0600. The third-order valence-electron chi connectivity index (χ3n) is 3.46. The van der Waals surface area contributed by atoms with Gasteiger partial charge in [-0.2, -0.15) is 8.42 Å². The number of alkyl carbamates (subject to hydrolysis) is 1. The van der Waals surface area contributed by atoms with Crippen molar-refractivity contribution in [3.8, 4) is 0 Å². The average molecular weight is 407 g/mol. The molecular weight excluding hydrogens is 386 g/mol. The van der Waals surface area contributed by atoms with E-state index in [-0.39, 0.29) is 13.2 Å². The van der Waals surface area contributed by atoms with Crippen LogP contribution >= 0.6 is 0 Å². The number of amides is 1. The van der Waals surface area contributed by atoms with Crippen LogP contribution in [0.2, 0.25) is 0 Å². The molecule has 2 aromatic carbocycles. The van der Waals surface area contributed by atoms with Crippen LogP contribution in [0.1, 0.15) is 11.1 Å². The van der Waals surface area contributed by atoms with Crippen LogP contribution in [-0.2, 0) is 41.8 Å². The smallest absolute Gasteiger partial charge is 0.408 e. The summed E-state index contributed by atoms with van der Waals surface area (Å²) < 4.78 is 37.2. The van der Waals surface area contributed by atoms with Crippen molar-refractivity contribution in [1.82, 2.24) is 5.32 Å². The lowest BCUT2D eigenvalue weighted by Crippen LogP contribution is -2.45. The highest BCUT2D eigenvalue weighted by Gasteiger charge is 2.25. The Bertz CT molecular complexity index is 870. The van der Waals surface area contributed by atoms with Crippen LogP contribution < -0.4 is 5.32 Å². The van der Waals surface area contributed by atoms with Crippen molar-refractivity contribution in [2.75, 3.05) is 12.9 Å². The fourth-order valence-corrected chi connectivity index (χ4v) is 2.48. The Morgan fingerprint density at radius 3 is 1.89 bits per heavy atom. The van der Waals surface area contributed by atoms with Crippen LogP contribution in [-0.4, -0.2) is 39.4 Å². The number of carbonyl (C=O) groups excluding carboxylic acids is 2. The number of esters is 1. The second-order valence-electron chi connectivity index (χ2n) is 5.84. The molecule has 2 rings (SSSR count). The van der Waals surface area contributed by atoms with Crippen LogP contribution in [0.4, 0.5) is 4.79 Å². The van der Waals surface area contributed by atoms with E-state index in [1.807, 2.05) is 12.1 Å². The van der Waals surface area contributed by atoms with E-state index in [0.717, 1.165) is 17.4 Å². The molecule has 0 aliphatic rings. The molecule has 0 unspecified atom stereocenters. The van der Waals surface area contributed by atoms with Gasteiger partial charge in [-0.25, -0.2) is 9.59 Å². The van der Waals surface area contributed by atoms with E-state index >= 15 is 0 Å². The van der Waals surface area contributed by atoms with Crippen molar-refractivity contribution in [3.63, 3.8) is 0 Å². The maximum atomic E-state index is 12.3. The van der Waals surface area contributed by atoms with Crippen molar-refractivity contribution >= 4 is 22.2 Å². The highest BCUT2D eigenvalue weighted by atomic mass is 32.2. The highest BCUT2D eigenvalue weighted by Crippen LogP contribution is 2.05. The number of carbonyl (C=O) groups is 2. The van der Waals surface area contributed by atoms with E-state index in [2.05, 4.69) is 9.50 Å². The van der Waals surface area contributed by atoms with E-state index in [0.29, 0.717) is 0 Å². The van der Waals surface area contributed by atoms with E-state index in [9.17, 15) is 18.0 Å². The van der Waals surface area contributed by atoms with Gasteiger partial charge < -0.3 is 14.8 Å². The molecule has 0 saturated carbocycles. The van der Waals surface area contributed by atoms with E-state index in [1.165, 1.54) is 0 Å². The molecule has 0 heterocycles. The lowest BCUT2D eigenvalue weighted by Gasteiger charge is -2.17. The minimum Gasteiger partial charge on any atom is -0.459 e. The number of nitrogens with one attached hydrogen (secondary N) is 1. The fourth-order valence-electron chi connectivity index (χ4n) is 2.10. The third kappa shape index (κ3) is 8.19. The number of hydrogen-bond donors (Lipinski definition) is 1. The molecule has 1 N–H and O–H groups in total. The topological polar surface area (TPSA) is 108 Å². The lowest BCUT2D eigenvalue weighted by molar-refractivity contribution is -0.148. The van der Waals surface area contributed by atoms with Gasteiger partial charge >= 0.3 is 12.1 Å². The summed E-state index contributed by atoms with van der Waals surface area (Å²) in [5.41, 5.74) is 1.50. The summed E-state index contributed by atoms with van der Waals surface area (Å²) in [6, 6.07) is 16.5. The first kappa shape index (κ1) is 21.4. The first-order valence-corrected chi connectivity index (χ1v) is 10.2. The monoisotopic (exact) mass is 407 g/mol. The summed E-state index contributed by atoms with van der Waals surface area (Å²) in [5, 5.41) is 2.27. The summed E-state index contributed by atoms with van der Waals surface area (Å²) >= 11 is 0. The molecule has 0 spiro atoms. The molecule has 0 fully saturated rings. The van der Waals surface area contributed by atoms with Crippen LogP contribution in [0.5, 0.6) is 0 Å². The fraction of sp³-hybridized carbons (Fsp3) is 0.263. The Morgan fingerprint density at radius 2 is 1.39 bits per heavy atom. The van der Waals surface area contributed by atoms with Gasteiger partial charge in [0.25, 0.3) is 10.1 Å². The van der Waals surface area contributed by atoms with E-state index in [4.69, 9.17) is 9.47 Å². The summed E-state index contributed by atoms with van der Waals surface area (Å²) in [7, 11) is -3.81. The van der Waals surface area contributed by atoms with Crippen molar-refractivity contribution in [2.45, 2.75) is 19.3 Å². The van der Waals surface area contributed by atoms with E-state index < -0.39 is 34.8 Å². The van der Waals surface area contributed by atoms with Gasteiger partial charge in [-0.15, -0.1) is 0 Å². The third-order valence-corrected chi connectivity index (χ3v) is 4.03. The maximum Gasteiger partial charge on any atom is 0.408 e. The normalized spacial score (nSPS) is 12.0. The minimum absolute atomic E-state index is 0.00854. The molecule has 1 atom stereocenters. The summed E-state index contributed by atoms with van der Waals surface area (Å²) in [6.45, 7) is -0.645. The summed E-state index contributed by atoms with van der Waals surface area (Å²) in [5.74, 6) is -0.843. The Morgan fingerprint density at radius 1 is 0.893 bits per heavy atom. The van der Waals surface area contributed by atoms with Gasteiger partial charge in [0.15, 0.2) is 6.04 Å². The molecule has 0 aromatic heterocycles. The molecule has 0 aliphatic heterocycles. The van der Waals surface area contributed by atoms with Crippen molar-refractivity contribution in [3.05, 3.63) is 71.8 Å². The van der Waals surface area contributed by atoms with Crippen LogP contribution in [0.15, 0.2) is 60.7 Å². The Balaban J connectivity index is 1.93. The second kappa shape index (κ2) is 10.4. The van der Waals surface area contributed by atoms with Gasteiger partial charge in [-0.1, -0.05) is 60.7 Å². The summed E-state index contributed by atoms with van der Waals surface area (Å²) in [4.78, 5) is 24.3. The van der Waals surface area contributed by atoms with Crippen molar-refractivity contribution < 1.29 is 31.7 Å². The van der Waals surface area contributed by atoms with Gasteiger partial charge in [0.1, 0.15) is 13.2 Å². The predicted octanol–water partition coefficient (Wildman–Crippen LogP) is 2.00. The van der Waals surface area contributed by atoms with Crippen LogP contribution in [0.25, 0.3) is 0 Å². The Labute approximate surface area is 163 Å². The maximum absolute atomic E-state index is 12.3. The molecule has 2 aromatic rings. The molecule has 0 radical (unpaired) electrons. The molecule has 0 aliphatic carbocycles. The first-order chi connectivity index (χ1) is 13.3. The molecular formula is C19H21NO7S. The zero-order valence-electron chi connectivity index (χ0n) is 15.2. The molecule has 8 nitrogen and oxygen atoms in total. The lowest BCUT2D eigenvalue weighted by atomic mass is 10.2. The molecule has 150 valence electrons. The number of hydrogen-bond acceptors (Lipinski definition) is 7. The number of ether oxygens (including phenoxy) is 2. The average Bonchev–Trinajstić information content (AvgIpc) is 2.68. The van der Waals surface area contributed by atoms with Crippen LogP contribution in [0.3, 0.4) is 0 Å². The van der Waals surface area contributed by atoms with Crippen molar-refractivity contribution in [2.24, 2.45) is 0 Å². The first-order valence-electron chi connectivity index (χ1n) is 8.35. The minimum atomic E-state index is -3.81. The molecule has 1 amide bonds. The zero-order valence-corrected chi connectivity index (χ0v) is 16.1. The molecule has 0 bridgehead atoms. The quantitative estimate of drug-likeness (QED) is 0.500. The predicted molar refractivity (Wildman–Crippen MR) is 101 cm³/mol. The van der Waals surface area contributed by atoms with Gasteiger partial charge in [0, 0.05) is 0 Å². The SMILES string of the molecule is CS(=O)(=O)OC[C@H](NC(=O)OCc1ccccc1)C(=O)OCc1ccccc1. The van der Waals surface area contributed by atoms with E-state index in [1.54, 1.807) is 48.5 Å². The second-order valence-corrected chi connectivity index (χ2v) is 7.48. The number of rotatable bonds is 9. The molecule has 0 saturated heterocycles. The standard InChI is InChI=1S/C19H21NO7S/c1-28(23,24)27-14-17(18(21)25-12-15-8-4-2-5-9-15)20-19(22)26-13-16-10-6-3-7-11-16/h2-11,17H,12-14H2,1H3,(H,20,22)/t17-/m0/s1. The largest absolute Gasteiger partial charge is 0.459 e. The Hall–Kier alpha value is -2.91. The van der Waals surface area contributed by atoms with Gasteiger partial charge in [0.2, 0.25) is 0 Å². The molecule has 9 heteroatoms. The van der Waals surface area contributed by atoms with Gasteiger partial charge in [-0.05, 0) is 11.1 Å². The van der Waals surface area contributed by atoms with Gasteiger partial charge in [-0.3, -0.25) is 4.18 Å².